The van der Waals surface area contributed by atoms with Gasteiger partial charge in [0, 0.05) is 19.3 Å². The Kier molecular flexibility index (Phi) is 6.32. The quantitative estimate of drug-likeness (QED) is 0.549. The Bertz CT molecular complexity index is 1190. The maximum Gasteiger partial charge on any atom is 0.277 e. The van der Waals surface area contributed by atoms with Crippen LogP contribution in [0.25, 0.3) is 5.69 Å². The van der Waals surface area contributed by atoms with Crippen LogP contribution in [0.1, 0.15) is 22.2 Å². The molecule has 0 spiro atoms. The molecule has 8 heteroatoms. The van der Waals surface area contributed by atoms with Crippen molar-refractivity contribution in [1.82, 2.24) is 14.3 Å². The molecule has 1 aromatic heterocycles. The van der Waals surface area contributed by atoms with Gasteiger partial charge < -0.3 is 14.4 Å². The summed E-state index contributed by atoms with van der Waals surface area (Å²) in [7, 11) is 5.09. The van der Waals surface area contributed by atoms with Crippen molar-refractivity contribution in [3.63, 3.8) is 0 Å². The van der Waals surface area contributed by atoms with E-state index in [1.807, 2.05) is 72.1 Å². The lowest BCUT2D eigenvalue weighted by atomic mass is 10.1. The van der Waals surface area contributed by atoms with E-state index < -0.39 is 0 Å². The number of aromatic nitrogens is 2. The smallest absolute Gasteiger partial charge is 0.277 e. The number of nitrogens with zero attached hydrogens (tertiary/aromatic N) is 3. The molecule has 0 radical (unpaired) electrons. The summed E-state index contributed by atoms with van der Waals surface area (Å²) < 4.78 is 14.2. The van der Waals surface area contributed by atoms with E-state index in [9.17, 15) is 9.59 Å². The van der Waals surface area contributed by atoms with Gasteiger partial charge in [0.1, 0.15) is 5.37 Å². The zero-order chi connectivity index (χ0) is 22.8. The third-order valence-electron chi connectivity index (χ3n) is 5.90. The predicted octanol–water partition coefficient (Wildman–Crippen LogP) is 3.32. The molecule has 1 amide bonds. The first kappa shape index (κ1) is 22.1. The van der Waals surface area contributed by atoms with Gasteiger partial charge in [0.05, 0.1) is 31.2 Å². The highest BCUT2D eigenvalue weighted by atomic mass is 32.2. The summed E-state index contributed by atoms with van der Waals surface area (Å²) >= 11 is 1.51. The Morgan fingerprint density at radius 2 is 1.75 bits per heavy atom. The van der Waals surface area contributed by atoms with Crippen molar-refractivity contribution in [3.8, 4) is 17.2 Å². The topological polar surface area (TPSA) is 65.7 Å². The number of benzene rings is 2. The average molecular weight is 454 g/mol. The molecule has 7 nitrogen and oxygen atoms in total. The third-order valence-corrected chi connectivity index (χ3v) is 7.12. The minimum absolute atomic E-state index is 0.0504. The van der Waals surface area contributed by atoms with Crippen LogP contribution >= 0.6 is 11.8 Å². The summed E-state index contributed by atoms with van der Waals surface area (Å²) in [4.78, 5) is 28.0. The fraction of sp³-hybridized carbons (Fsp3) is 0.333. The van der Waals surface area contributed by atoms with E-state index >= 15 is 0 Å². The van der Waals surface area contributed by atoms with Gasteiger partial charge in [0.15, 0.2) is 11.5 Å². The van der Waals surface area contributed by atoms with Crippen LogP contribution in [0.5, 0.6) is 11.5 Å². The van der Waals surface area contributed by atoms with Crippen molar-refractivity contribution in [2.75, 3.05) is 26.5 Å². The number of hydrogen-bond donors (Lipinski definition) is 0. The number of para-hydroxylation sites is 1. The Hall–Kier alpha value is -3.13. The molecule has 1 atom stereocenters. The van der Waals surface area contributed by atoms with E-state index in [1.54, 1.807) is 18.9 Å². The third kappa shape index (κ3) is 3.90. The largest absolute Gasteiger partial charge is 0.493 e. The molecule has 168 valence electrons. The van der Waals surface area contributed by atoms with Crippen molar-refractivity contribution in [1.29, 1.82) is 0 Å². The Labute approximate surface area is 191 Å². The van der Waals surface area contributed by atoms with Crippen LogP contribution in [-0.2, 0) is 18.3 Å². The van der Waals surface area contributed by atoms with Crippen molar-refractivity contribution >= 4 is 17.7 Å². The second-order valence-corrected chi connectivity index (χ2v) is 8.73. The first-order valence-electron chi connectivity index (χ1n) is 10.4. The van der Waals surface area contributed by atoms with E-state index in [2.05, 4.69) is 0 Å². The summed E-state index contributed by atoms with van der Waals surface area (Å²) in [6, 6.07) is 15.3. The van der Waals surface area contributed by atoms with E-state index in [0.29, 0.717) is 35.8 Å². The molecule has 0 bridgehead atoms. The van der Waals surface area contributed by atoms with E-state index in [-0.39, 0.29) is 16.8 Å². The molecule has 0 saturated carbocycles. The lowest BCUT2D eigenvalue weighted by molar-refractivity contribution is -0.128. The Balaban J connectivity index is 1.62. The molecular formula is C24H27N3O4S. The number of amides is 1. The number of thioether (sulfide) groups is 1. The molecule has 3 aromatic rings. The van der Waals surface area contributed by atoms with Gasteiger partial charge >= 0.3 is 0 Å². The first-order valence-corrected chi connectivity index (χ1v) is 11.5. The number of methoxy groups -OCH3 is 2. The van der Waals surface area contributed by atoms with Crippen LogP contribution in [0, 0.1) is 6.92 Å². The highest BCUT2D eigenvalue weighted by Crippen LogP contribution is 2.39. The summed E-state index contributed by atoms with van der Waals surface area (Å²) in [6.07, 6.45) is 0.655. The van der Waals surface area contributed by atoms with Gasteiger partial charge in [-0.1, -0.05) is 24.3 Å². The number of rotatable bonds is 7. The first-order chi connectivity index (χ1) is 15.5. The van der Waals surface area contributed by atoms with Gasteiger partial charge in [-0.05, 0) is 43.2 Å². The lowest BCUT2D eigenvalue weighted by Gasteiger charge is -2.23. The Morgan fingerprint density at radius 3 is 2.44 bits per heavy atom. The van der Waals surface area contributed by atoms with Crippen LogP contribution in [-0.4, -0.2) is 46.7 Å². The van der Waals surface area contributed by atoms with E-state index in [0.717, 1.165) is 16.9 Å². The molecule has 2 aromatic carbocycles. The Morgan fingerprint density at radius 1 is 1.03 bits per heavy atom. The number of carbonyl (C=O) groups excluding carboxylic acids is 1. The second kappa shape index (κ2) is 9.16. The molecule has 32 heavy (non-hydrogen) atoms. The van der Waals surface area contributed by atoms with Crippen LogP contribution < -0.4 is 15.0 Å². The van der Waals surface area contributed by atoms with Crippen LogP contribution in [0.15, 0.2) is 53.3 Å². The molecule has 1 saturated heterocycles. The van der Waals surface area contributed by atoms with Crippen molar-refractivity contribution in [3.05, 3.63) is 75.7 Å². The second-order valence-electron chi connectivity index (χ2n) is 7.67. The molecule has 1 fully saturated rings. The highest BCUT2D eigenvalue weighted by molar-refractivity contribution is 8.00. The number of ether oxygens (including phenoxy) is 2. The fourth-order valence-electron chi connectivity index (χ4n) is 4.09. The predicted molar refractivity (Wildman–Crippen MR) is 126 cm³/mol. The average Bonchev–Trinajstić information content (AvgIpc) is 3.27. The zero-order valence-corrected chi connectivity index (χ0v) is 19.5. The van der Waals surface area contributed by atoms with Crippen LogP contribution in [0.3, 0.4) is 0 Å². The van der Waals surface area contributed by atoms with Crippen molar-refractivity contribution in [2.24, 2.45) is 7.05 Å². The zero-order valence-electron chi connectivity index (χ0n) is 18.7. The van der Waals surface area contributed by atoms with Gasteiger partial charge in [-0.25, -0.2) is 4.68 Å². The SMILES string of the molecule is COc1ccc(CCN2C(=O)CSC2c2c(C)n(C)n(-c3ccccc3)c2=O)cc1OC. The summed E-state index contributed by atoms with van der Waals surface area (Å²) in [5.41, 5.74) is 3.29. The standard InChI is InChI=1S/C24H27N3O4S/c1-16-22(23(29)27(25(16)2)18-8-6-5-7-9-18)24-26(21(28)15-32-24)13-12-17-10-11-19(30-3)20(14-17)31-4/h5-11,14,24H,12-13,15H2,1-4H3. The molecule has 1 aliphatic heterocycles. The molecule has 1 unspecified atom stereocenters. The molecule has 2 heterocycles. The molecular weight excluding hydrogens is 426 g/mol. The summed E-state index contributed by atoms with van der Waals surface area (Å²) in [5, 5.41) is -0.300. The summed E-state index contributed by atoms with van der Waals surface area (Å²) in [6.45, 7) is 2.46. The van der Waals surface area contributed by atoms with Crippen molar-refractivity contribution < 1.29 is 14.3 Å². The molecule has 1 aliphatic rings. The van der Waals surface area contributed by atoms with Crippen LogP contribution in [0.2, 0.25) is 0 Å². The van der Waals surface area contributed by atoms with E-state index in [1.165, 1.54) is 11.8 Å². The van der Waals surface area contributed by atoms with Gasteiger partial charge in [0.2, 0.25) is 5.91 Å². The van der Waals surface area contributed by atoms with Gasteiger partial charge in [-0.3, -0.25) is 14.3 Å². The van der Waals surface area contributed by atoms with Gasteiger partial charge in [-0.15, -0.1) is 11.8 Å². The van der Waals surface area contributed by atoms with E-state index in [4.69, 9.17) is 9.47 Å². The number of hydrogen-bond acceptors (Lipinski definition) is 5. The monoisotopic (exact) mass is 453 g/mol. The molecule has 0 aliphatic carbocycles. The van der Waals surface area contributed by atoms with Crippen molar-refractivity contribution in [2.45, 2.75) is 18.7 Å². The maximum atomic E-state index is 13.4. The lowest BCUT2D eigenvalue weighted by Crippen LogP contribution is -2.33. The molecule has 4 rings (SSSR count). The molecule has 0 N–H and O–H groups in total. The summed E-state index contributed by atoms with van der Waals surface area (Å²) in [5.74, 6) is 1.75. The number of carbonyl (C=O) groups is 1. The van der Waals surface area contributed by atoms with Crippen LogP contribution in [0.4, 0.5) is 0 Å². The minimum Gasteiger partial charge on any atom is -0.493 e. The fourth-order valence-corrected chi connectivity index (χ4v) is 5.40. The minimum atomic E-state index is -0.300. The highest BCUT2D eigenvalue weighted by Gasteiger charge is 2.37. The van der Waals surface area contributed by atoms with Gasteiger partial charge in [0.25, 0.3) is 5.56 Å². The normalized spacial score (nSPS) is 15.9. The maximum absolute atomic E-state index is 13.4. The van der Waals surface area contributed by atoms with Gasteiger partial charge in [-0.2, -0.15) is 0 Å².